The quantitative estimate of drug-likeness (QED) is 0.840. The van der Waals surface area contributed by atoms with Gasteiger partial charge in [-0.25, -0.2) is 0 Å². The van der Waals surface area contributed by atoms with Crippen molar-refractivity contribution in [3.63, 3.8) is 0 Å². The lowest BCUT2D eigenvalue weighted by Gasteiger charge is -2.23. The van der Waals surface area contributed by atoms with Crippen LogP contribution in [-0.2, 0) is 4.79 Å². The zero-order valence-corrected chi connectivity index (χ0v) is 11.5. The lowest BCUT2D eigenvalue weighted by atomic mass is 10.1. The number of hydrogen-bond acceptors (Lipinski definition) is 3. The zero-order valence-electron chi connectivity index (χ0n) is 11.5. The molecule has 0 saturated heterocycles. The second-order valence-electron chi connectivity index (χ2n) is 5.05. The van der Waals surface area contributed by atoms with Gasteiger partial charge in [-0.15, -0.1) is 0 Å². The van der Waals surface area contributed by atoms with Gasteiger partial charge in [0.2, 0.25) is 5.91 Å². The highest BCUT2D eigenvalue weighted by atomic mass is 16.3. The molecule has 0 atom stereocenters. The Bertz CT molecular complexity index is 484. The average Bonchev–Trinajstić information content (AvgIpc) is 2.29. The number of amides is 2. The van der Waals surface area contributed by atoms with E-state index in [1.54, 1.807) is 19.1 Å². The van der Waals surface area contributed by atoms with E-state index in [0.29, 0.717) is 17.7 Å². The van der Waals surface area contributed by atoms with Crippen LogP contribution in [0.5, 0.6) is 5.75 Å². The molecule has 3 N–H and O–H groups in total. The first-order chi connectivity index (χ1) is 8.81. The lowest BCUT2D eigenvalue weighted by Crippen LogP contribution is -2.40. The van der Waals surface area contributed by atoms with Crippen LogP contribution in [-0.4, -0.2) is 34.9 Å². The van der Waals surface area contributed by atoms with Gasteiger partial charge in [0.15, 0.2) is 0 Å². The average molecular weight is 264 g/mol. The molecule has 0 aliphatic carbocycles. The number of primary amides is 1. The van der Waals surface area contributed by atoms with Crippen LogP contribution in [0.3, 0.4) is 0 Å². The van der Waals surface area contributed by atoms with Crippen LogP contribution in [0, 0.1) is 12.8 Å². The third-order valence-electron chi connectivity index (χ3n) is 2.66. The number of carbonyl (C=O) groups is 2. The smallest absolute Gasteiger partial charge is 0.254 e. The van der Waals surface area contributed by atoms with Crippen molar-refractivity contribution in [2.75, 3.05) is 13.1 Å². The highest BCUT2D eigenvalue weighted by Gasteiger charge is 2.19. The van der Waals surface area contributed by atoms with Crippen LogP contribution in [0.15, 0.2) is 18.2 Å². The molecule has 1 rings (SSSR count). The van der Waals surface area contributed by atoms with E-state index in [1.807, 2.05) is 13.8 Å². The Labute approximate surface area is 113 Å². The number of nitrogens with zero attached hydrogens (tertiary/aromatic N) is 1. The van der Waals surface area contributed by atoms with E-state index in [2.05, 4.69) is 0 Å². The number of aromatic hydroxyl groups is 1. The van der Waals surface area contributed by atoms with Gasteiger partial charge in [0, 0.05) is 12.1 Å². The Kier molecular flexibility index (Phi) is 4.92. The van der Waals surface area contributed by atoms with Crippen molar-refractivity contribution in [3.8, 4) is 5.75 Å². The maximum Gasteiger partial charge on any atom is 0.254 e. The molecule has 1 aromatic rings. The van der Waals surface area contributed by atoms with Crippen molar-refractivity contribution in [2.45, 2.75) is 20.8 Å². The van der Waals surface area contributed by atoms with E-state index in [-0.39, 0.29) is 24.1 Å². The normalized spacial score (nSPS) is 10.5. The van der Waals surface area contributed by atoms with Crippen LogP contribution < -0.4 is 5.73 Å². The summed E-state index contributed by atoms with van der Waals surface area (Å²) in [7, 11) is 0. The molecule has 0 saturated carbocycles. The highest BCUT2D eigenvalue weighted by Crippen LogP contribution is 2.18. The zero-order chi connectivity index (χ0) is 14.6. The second kappa shape index (κ2) is 6.22. The minimum absolute atomic E-state index is 0.100. The van der Waals surface area contributed by atoms with Gasteiger partial charge in [-0.1, -0.05) is 13.8 Å². The van der Waals surface area contributed by atoms with Crippen LogP contribution in [0.25, 0.3) is 0 Å². The van der Waals surface area contributed by atoms with Gasteiger partial charge >= 0.3 is 0 Å². The summed E-state index contributed by atoms with van der Waals surface area (Å²) in [5.41, 5.74) is 6.23. The molecule has 0 fully saturated rings. The van der Waals surface area contributed by atoms with Crippen molar-refractivity contribution in [1.82, 2.24) is 4.90 Å². The summed E-state index contributed by atoms with van der Waals surface area (Å²) in [6.07, 6.45) is 0. The minimum atomic E-state index is -0.537. The van der Waals surface area contributed by atoms with Crippen molar-refractivity contribution >= 4 is 11.8 Å². The van der Waals surface area contributed by atoms with Crippen molar-refractivity contribution in [3.05, 3.63) is 29.3 Å². The Morgan fingerprint density at radius 1 is 1.37 bits per heavy atom. The molecule has 2 amide bonds. The Morgan fingerprint density at radius 3 is 2.47 bits per heavy atom. The van der Waals surface area contributed by atoms with Crippen LogP contribution in [0.4, 0.5) is 0 Å². The molecule has 104 valence electrons. The maximum absolute atomic E-state index is 12.3. The van der Waals surface area contributed by atoms with E-state index in [0.717, 1.165) is 0 Å². The molecule has 0 aliphatic rings. The fraction of sp³-hybridized carbons (Fsp3) is 0.429. The Morgan fingerprint density at radius 2 is 2.00 bits per heavy atom. The first-order valence-electron chi connectivity index (χ1n) is 6.18. The summed E-state index contributed by atoms with van der Waals surface area (Å²) in [5.74, 6) is -0.413. The largest absolute Gasteiger partial charge is 0.508 e. The van der Waals surface area contributed by atoms with E-state index >= 15 is 0 Å². The summed E-state index contributed by atoms with van der Waals surface area (Å²) in [4.78, 5) is 24.8. The molecule has 0 bridgehead atoms. The van der Waals surface area contributed by atoms with E-state index in [4.69, 9.17) is 5.73 Å². The topological polar surface area (TPSA) is 83.6 Å². The SMILES string of the molecule is Cc1cc(C(=O)N(CC(N)=O)CC(C)C)ccc1O. The molecule has 0 spiro atoms. The molecule has 0 aliphatic heterocycles. The van der Waals surface area contributed by atoms with E-state index in [1.165, 1.54) is 11.0 Å². The predicted octanol–water partition coefficient (Wildman–Crippen LogP) is 1.28. The summed E-state index contributed by atoms with van der Waals surface area (Å²) in [5, 5.41) is 9.46. The summed E-state index contributed by atoms with van der Waals surface area (Å²) in [6, 6.07) is 4.62. The van der Waals surface area contributed by atoms with Gasteiger partial charge in [0.1, 0.15) is 5.75 Å². The number of hydrogen-bond donors (Lipinski definition) is 2. The van der Waals surface area contributed by atoms with Crippen LogP contribution >= 0.6 is 0 Å². The van der Waals surface area contributed by atoms with Gasteiger partial charge in [-0.3, -0.25) is 9.59 Å². The molecule has 0 aromatic heterocycles. The maximum atomic E-state index is 12.3. The number of benzene rings is 1. The van der Waals surface area contributed by atoms with E-state index in [9.17, 15) is 14.7 Å². The number of aryl methyl sites for hydroxylation is 1. The van der Waals surface area contributed by atoms with Gasteiger partial charge in [-0.05, 0) is 36.6 Å². The second-order valence-corrected chi connectivity index (χ2v) is 5.05. The molecule has 0 heterocycles. The third kappa shape index (κ3) is 4.28. The highest BCUT2D eigenvalue weighted by molar-refractivity contribution is 5.96. The van der Waals surface area contributed by atoms with Crippen molar-refractivity contribution < 1.29 is 14.7 Å². The van der Waals surface area contributed by atoms with E-state index < -0.39 is 5.91 Å². The molecule has 5 heteroatoms. The standard InChI is InChI=1S/C14H20N2O3/c1-9(2)7-16(8-13(15)18)14(19)11-4-5-12(17)10(3)6-11/h4-6,9,17H,7-8H2,1-3H3,(H2,15,18). The number of carbonyl (C=O) groups excluding carboxylic acids is 2. The summed E-state index contributed by atoms with van der Waals surface area (Å²) < 4.78 is 0. The first kappa shape index (κ1) is 15.0. The molecule has 5 nitrogen and oxygen atoms in total. The predicted molar refractivity (Wildman–Crippen MR) is 72.8 cm³/mol. The monoisotopic (exact) mass is 264 g/mol. The molecule has 19 heavy (non-hydrogen) atoms. The Hall–Kier alpha value is -2.04. The Balaban J connectivity index is 2.97. The first-order valence-corrected chi connectivity index (χ1v) is 6.18. The number of rotatable bonds is 5. The number of nitrogens with two attached hydrogens (primary N) is 1. The van der Waals surface area contributed by atoms with Crippen LogP contribution in [0.2, 0.25) is 0 Å². The van der Waals surface area contributed by atoms with Crippen LogP contribution in [0.1, 0.15) is 29.8 Å². The molecule has 1 aromatic carbocycles. The molecular weight excluding hydrogens is 244 g/mol. The molecular formula is C14H20N2O3. The minimum Gasteiger partial charge on any atom is -0.508 e. The van der Waals surface area contributed by atoms with Gasteiger partial charge in [-0.2, -0.15) is 0 Å². The van der Waals surface area contributed by atoms with Crippen molar-refractivity contribution in [1.29, 1.82) is 0 Å². The van der Waals surface area contributed by atoms with Gasteiger partial charge < -0.3 is 15.7 Å². The molecule has 0 radical (unpaired) electrons. The molecule has 0 unspecified atom stereocenters. The number of phenols is 1. The summed E-state index contributed by atoms with van der Waals surface area (Å²) >= 11 is 0. The summed E-state index contributed by atoms with van der Waals surface area (Å²) in [6.45, 7) is 6.00. The lowest BCUT2D eigenvalue weighted by molar-refractivity contribution is -0.118. The third-order valence-corrected chi connectivity index (χ3v) is 2.66. The fourth-order valence-corrected chi connectivity index (χ4v) is 1.82. The van der Waals surface area contributed by atoms with Gasteiger partial charge in [0.05, 0.1) is 6.54 Å². The van der Waals surface area contributed by atoms with Gasteiger partial charge in [0.25, 0.3) is 5.91 Å². The fourth-order valence-electron chi connectivity index (χ4n) is 1.82. The number of phenolic OH excluding ortho intramolecular Hbond substituents is 1. The van der Waals surface area contributed by atoms with Crippen molar-refractivity contribution in [2.24, 2.45) is 11.7 Å².